The van der Waals surface area contributed by atoms with Gasteiger partial charge in [0.05, 0.1) is 0 Å². The third-order valence-corrected chi connectivity index (χ3v) is 10.6. The van der Waals surface area contributed by atoms with Crippen LogP contribution in [0.25, 0.3) is 0 Å². The van der Waals surface area contributed by atoms with E-state index in [-0.39, 0.29) is 0 Å². The van der Waals surface area contributed by atoms with Crippen molar-refractivity contribution in [3.63, 3.8) is 0 Å². The second-order valence-corrected chi connectivity index (χ2v) is 13.6. The first-order valence-corrected chi connectivity index (χ1v) is 14.7. The first-order valence-electron chi connectivity index (χ1n) is 12.2. The summed E-state index contributed by atoms with van der Waals surface area (Å²) in [5.41, 5.74) is 6.28. The van der Waals surface area contributed by atoms with Crippen LogP contribution in [0.1, 0.15) is 109 Å². The second-order valence-electron chi connectivity index (χ2n) is 10.0. The molecule has 3 atom stereocenters. The zero-order valence-electron chi connectivity index (χ0n) is 17.4. The number of rotatable bonds is 2. The van der Waals surface area contributed by atoms with Crippen molar-refractivity contribution in [1.82, 2.24) is 0 Å². The molecule has 3 unspecified atom stereocenters. The highest BCUT2D eigenvalue weighted by atomic mass is 127. The van der Waals surface area contributed by atoms with Crippen LogP contribution in [-0.2, 0) is 0 Å². The minimum Gasteiger partial charge on any atom is -0.328 e. The fraction of sp³-hybridized carbons (Fsp3) is 1.00. The van der Waals surface area contributed by atoms with Crippen molar-refractivity contribution in [2.24, 2.45) is 29.4 Å². The molecule has 3 fully saturated rings. The second kappa shape index (κ2) is 12.3. The molecule has 0 aliphatic heterocycles. The largest absolute Gasteiger partial charge is 0.328 e. The maximum Gasteiger partial charge on any atom is 0.0110 e. The Kier molecular flexibility index (Phi) is 10.5. The van der Waals surface area contributed by atoms with E-state index in [1.807, 2.05) is 0 Å². The quantitative estimate of drug-likeness (QED) is 0.252. The molecule has 0 saturated heterocycles. The predicted octanol–water partition coefficient (Wildman–Crippen LogP) is 8.06. The molecule has 2 N–H and O–H groups in total. The first-order chi connectivity index (χ1) is 13.1. The molecule has 0 amide bonds. The summed E-state index contributed by atoms with van der Waals surface area (Å²) in [6.45, 7) is 0. The molecule has 0 radical (unpaired) electrons. The van der Waals surface area contributed by atoms with E-state index in [4.69, 9.17) is 5.73 Å². The minimum absolute atomic E-state index is 0.498. The summed E-state index contributed by atoms with van der Waals surface area (Å²) >= 11 is 5.49. The Morgan fingerprint density at radius 2 is 0.889 bits per heavy atom. The summed E-state index contributed by atoms with van der Waals surface area (Å²) in [5.74, 6) is 4.05. The molecule has 158 valence electrons. The zero-order valence-corrected chi connectivity index (χ0v) is 21.7. The minimum atomic E-state index is 0.498. The lowest BCUT2D eigenvalue weighted by molar-refractivity contribution is 0.0871. The molecule has 3 rings (SSSR count). The van der Waals surface area contributed by atoms with E-state index in [9.17, 15) is 0 Å². The smallest absolute Gasteiger partial charge is 0.0110 e. The monoisotopic (exact) mass is 599 g/mol. The van der Waals surface area contributed by atoms with Crippen LogP contribution in [-0.4, -0.2) is 13.9 Å². The van der Waals surface area contributed by atoms with E-state index in [1.54, 1.807) is 0 Å². The van der Waals surface area contributed by atoms with Crippen LogP contribution in [0.3, 0.4) is 0 Å². The molecule has 3 aliphatic rings. The molecule has 0 aromatic heterocycles. The maximum atomic E-state index is 6.28. The molecule has 0 aromatic rings. The van der Waals surface area contributed by atoms with E-state index >= 15 is 0 Å². The zero-order chi connectivity index (χ0) is 19.1. The highest BCUT2D eigenvalue weighted by Gasteiger charge is 2.37. The van der Waals surface area contributed by atoms with Gasteiger partial charge in [-0.25, -0.2) is 0 Å². The van der Waals surface area contributed by atoms with Crippen molar-refractivity contribution in [1.29, 1.82) is 0 Å². The Labute approximate surface area is 196 Å². The summed E-state index contributed by atoms with van der Waals surface area (Å²) < 4.78 is 1.87. The lowest BCUT2D eigenvalue weighted by Gasteiger charge is -2.43. The van der Waals surface area contributed by atoms with Gasteiger partial charge in [0.2, 0.25) is 0 Å². The Hall–Kier alpha value is 1.42. The van der Waals surface area contributed by atoms with E-state index in [0.717, 1.165) is 31.5 Å². The van der Waals surface area contributed by atoms with Crippen LogP contribution in [0, 0.1) is 23.7 Å². The van der Waals surface area contributed by atoms with Crippen molar-refractivity contribution < 1.29 is 0 Å². The van der Waals surface area contributed by atoms with Gasteiger partial charge in [-0.05, 0) is 101 Å². The van der Waals surface area contributed by atoms with Crippen LogP contribution < -0.4 is 5.73 Å². The van der Waals surface area contributed by atoms with Gasteiger partial charge in [-0.1, -0.05) is 77.3 Å². The van der Waals surface area contributed by atoms with Crippen molar-refractivity contribution >= 4 is 45.2 Å². The molecular formula is C24H43I2N. The first kappa shape index (κ1) is 23.1. The molecule has 3 heteroatoms. The Morgan fingerprint density at radius 1 is 0.444 bits per heavy atom. The van der Waals surface area contributed by atoms with Crippen molar-refractivity contribution in [3.05, 3.63) is 0 Å². The van der Waals surface area contributed by atoms with Gasteiger partial charge in [-0.3, -0.25) is 0 Å². The normalized spacial score (nSPS) is 43.4. The van der Waals surface area contributed by atoms with E-state index < -0.39 is 0 Å². The number of hydrogen-bond donors (Lipinski definition) is 1. The molecule has 0 spiro atoms. The van der Waals surface area contributed by atoms with Gasteiger partial charge < -0.3 is 5.73 Å². The SMILES string of the molecule is NC1CCC(C2CCC(I)CCCCCCCC2C2CCC(I)CC2)CC1. The Bertz CT molecular complexity index is 399. The summed E-state index contributed by atoms with van der Waals surface area (Å²) in [6, 6.07) is 0.498. The van der Waals surface area contributed by atoms with Gasteiger partial charge >= 0.3 is 0 Å². The molecule has 0 bridgehead atoms. The molecule has 1 nitrogen and oxygen atoms in total. The highest BCUT2D eigenvalue weighted by Crippen LogP contribution is 2.46. The van der Waals surface area contributed by atoms with Gasteiger partial charge in [0, 0.05) is 13.9 Å². The van der Waals surface area contributed by atoms with E-state index in [1.165, 1.54) is 109 Å². The van der Waals surface area contributed by atoms with E-state index in [0.29, 0.717) is 6.04 Å². The van der Waals surface area contributed by atoms with Crippen LogP contribution in [0.5, 0.6) is 0 Å². The van der Waals surface area contributed by atoms with Crippen LogP contribution in [0.2, 0.25) is 0 Å². The average molecular weight is 599 g/mol. The van der Waals surface area contributed by atoms with Crippen LogP contribution >= 0.6 is 45.2 Å². The summed E-state index contributed by atoms with van der Waals surface area (Å²) in [7, 11) is 0. The number of hydrogen-bond acceptors (Lipinski definition) is 1. The maximum absolute atomic E-state index is 6.28. The summed E-state index contributed by atoms with van der Waals surface area (Å²) in [6.07, 6.45) is 24.9. The Morgan fingerprint density at radius 3 is 1.56 bits per heavy atom. The third kappa shape index (κ3) is 7.56. The van der Waals surface area contributed by atoms with Gasteiger partial charge in [0.15, 0.2) is 0 Å². The van der Waals surface area contributed by atoms with Crippen LogP contribution in [0.15, 0.2) is 0 Å². The van der Waals surface area contributed by atoms with Gasteiger partial charge in [-0.15, -0.1) is 0 Å². The number of nitrogens with two attached hydrogens (primary N) is 1. The summed E-state index contributed by atoms with van der Waals surface area (Å²) in [4.78, 5) is 0. The fourth-order valence-electron chi connectivity index (χ4n) is 6.47. The third-order valence-electron chi connectivity index (χ3n) is 8.15. The number of halogens is 2. The van der Waals surface area contributed by atoms with Gasteiger partial charge in [0.25, 0.3) is 0 Å². The lowest BCUT2D eigenvalue weighted by Crippen LogP contribution is -2.36. The molecule has 0 heterocycles. The van der Waals surface area contributed by atoms with Crippen molar-refractivity contribution in [3.8, 4) is 0 Å². The lowest BCUT2D eigenvalue weighted by atomic mass is 9.63. The topological polar surface area (TPSA) is 26.0 Å². The standard InChI is InChI=1S/C24H43I2N/c25-20-6-4-2-1-3-5-7-23(18-8-12-21(26)13-9-18)24(17-14-20)19-10-15-22(27)16-11-19/h18-24H,1-17,27H2. The molecule has 0 aromatic carbocycles. The average Bonchev–Trinajstić information content (AvgIpc) is 2.66. The summed E-state index contributed by atoms with van der Waals surface area (Å²) in [5, 5.41) is 0. The predicted molar refractivity (Wildman–Crippen MR) is 136 cm³/mol. The Balaban J connectivity index is 1.72. The van der Waals surface area contributed by atoms with Gasteiger partial charge in [-0.2, -0.15) is 0 Å². The van der Waals surface area contributed by atoms with Crippen molar-refractivity contribution in [2.45, 2.75) is 123 Å². The molecular weight excluding hydrogens is 556 g/mol. The van der Waals surface area contributed by atoms with Gasteiger partial charge in [0.1, 0.15) is 0 Å². The molecule has 27 heavy (non-hydrogen) atoms. The van der Waals surface area contributed by atoms with Crippen molar-refractivity contribution in [2.75, 3.05) is 0 Å². The number of alkyl halides is 2. The van der Waals surface area contributed by atoms with Crippen LogP contribution in [0.4, 0.5) is 0 Å². The molecule has 3 saturated carbocycles. The molecule has 3 aliphatic carbocycles. The fourth-order valence-corrected chi connectivity index (χ4v) is 7.99. The highest BCUT2D eigenvalue weighted by molar-refractivity contribution is 14.1. The van der Waals surface area contributed by atoms with E-state index in [2.05, 4.69) is 45.2 Å².